The number of para-hydroxylation sites is 1. The topological polar surface area (TPSA) is 65.7 Å². The van der Waals surface area contributed by atoms with E-state index in [0.717, 1.165) is 80.0 Å². The number of hydrogen-bond donors (Lipinski definition) is 0. The lowest BCUT2D eigenvalue weighted by atomic mass is 10.2. The molecular formula is C22H27N5O2. The summed E-state index contributed by atoms with van der Waals surface area (Å²) < 4.78 is 6.08. The molecule has 152 valence electrons. The van der Waals surface area contributed by atoms with Gasteiger partial charge in [-0.15, -0.1) is 0 Å². The van der Waals surface area contributed by atoms with Crippen molar-refractivity contribution in [2.24, 2.45) is 0 Å². The zero-order valence-corrected chi connectivity index (χ0v) is 16.7. The lowest BCUT2D eigenvalue weighted by Gasteiger charge is -2.35. The molecule has 0 saturated carbocycles. The van der Waals surface area contributed by atoms with E-state index in [-0.39, 0.29) is 5.91 Å². The number of hydrogen-bond acceptors (Lipinski definition) is 6. The number of nitrogens with zero attached hydrogens (tertiary/aromatic N) is 5. The number of carbonyl (C=O) groups is 1. The summed E-state index contributed by atoms with van der Waals surface area (Å²) in [5, 5.41) is 1.02. The van der Waals surface area contributed by atoms with Gasteiger partial charge in [-0.25, -0.2) is 9.97 Å². The Morgan fingerprint density at radius 1 is 0.931 bits per heavy atom. The van der Waals surface area contributed by atoms with Gasteiger partial charge in [0.15, 0.2) is 11.4 Å². The molecule has 7 nitrogen and oxygen atoms in total. The first-order chi connectivity index (χ1) is 14.3. The van der Waals surface area contributed by atoms with E-state index >= 15 is 0 Å². The number of rotatable bonds is 3. The van der Waals surface area contributed by atoms with Crippen LogP contribution in [0.15, 0.2) is 35.0 Å². The van der Waals surface area contributed by atoms with Crippen molar-refractivity contribution in [2.45, 2.75) is 25.7 Å². The van der Waals surface area contributed by atoms with E-state index in [1.54, 1.807) is 6.33 Å². The summed E-state index contributed by atoms with van der Waals surface area (Å²) in [7, 11) is 0. The Kier molecular flexibility index (Phi) is 5.06. The number of carbonyl (C=O) groups excluding carboxylic acids is 1. The molecule has 2 aliphatic heterocycles. The molecule has 0 N–H and O–H groups in total. The van der Waals surface area contributed by atoms with Crippen molar-refractivity contribution in [3.8, 4) is 0 Å². The fraction of sp³-hybridized carbons (Fsp3) is 0.500. The van der Waals surface area contributed by atoms with Crippen LogP contribution in [0.5, 0.6) is 0 Å². The first kappa shape index (κ1) is 18.4. The summed E-state index contributed by atoms with van der Waals surface area (Å²) >= 11 is 0. The second kappa shape index (κ2) is 7.99. The number of furan rings is 1. The SMILES string of the molecule is O=C(CN1CCN(c2ncnc3c2oc2ccccc23)CC1)N1CCCCCC1. The molecule has 2 aromatic heterocycles. The molecular weight excluding hydrogens is 366 g/mol. The molecule has 0 aliphatic carbocycles. The monoisotopic (exact) mass is 393 g/mol. The van der Waals surface area contributed by atoms with E-state index in [2.05, 4.69) is 24.7 Å². The van der Waals surface area contributed by atoms with E-state index in [1.807, 2.05) is 24.3 Å². The Labute approximate surface area is 170 Å². The molecule has 2 fully saturated rings. The number of likely N-dealkylation sites (tertiary alicyclic amines) is 1. The average molecular weight is 393 g/mol. The van der Waals surface area contributed by atoms with Gasteiger partial charge < -0.3 is 14.2 Å². The van der Waals surface area contributed by atoms with Crippen LogP contribution in [0.1, 0.15) is 25.7 Å². The summed E-state index contributed by atoms with van der Waals surface area (Å²) in [5.41, 5.74) is 2.46. The maximum absolute atomic E-state index is 12.7. The zero-order valence-electron chi connectivity index (χ0n) is 16.7. The fourth-order valence-electron chi connectivity index (χ4n) is 4.47. The molecule has 4 heterocycles. The Morgan fingerprint density at radius 2 is 1.69 bits per heavy atom. The van der Waals surface area contributed by atoms with Crippen LogP contribution in [0.3, 0.4) is 0 Å². The molecule has 5 rings (SSSR count). The minimum atomic E-state index is 0.280. The lowest BCUT2D eigenvalue weighted by Crippen LogP contribution is -2.50. The molecule has 0 atom stereocenters. The number of benzene rings is 1. The molecule has 0 radical (unpaired) electrons. The van der Waals surface area contributed by atoms with Crippen molar-refractivity contribution >= 4 is 33.8 Å². The van der Waals surface area contributed by atoms with Crippen LogP contribution in [0.4, 0.5) is 5.82 Å². The molecule has 2 aliphatic rings. The van der Waals surface area contributed by atoms with Crippen molar-refractivity contribution in [3.05, 3.63) is 30.6 Å². The van der Waals surface area contributed by atoms with Crippen molar-refractivity contribution in [2.75, 3.05) is 50.7 Å². The lowest BCUT2D eigenvalue weighted by molar-refractivity contribution is -0.132. The minimum Gasteiger partial charge on any atom is -0.450 e. The largest absolute Gasteiger partial charge is 0.450 e. The van der Waals surface area contributed by atoms with Crippen LogP contribution >= 0.6 is 0 Å². The Hall–Kier alpha value is -2.67. The van der Waals surface area contributed by atoms with Gasteiger partial charge in [0.1, 0.15) is 17.4 Å². The van der Waals surface area contributed by atoms with Crippen molar-refractivity contribution < 1.29 is 9.21 Å². The maximum atomic E-state index is 12.7. The van der Waals surface area contributed by atoms with Crippen LogP contribution < -0.4 is 4.90 Å². The molecule has 0 spiro atoms. The van der Waals surface area contributed by atoms with E-state index in [0.29, 0.717) is 6.54 Å². The summed E-state index contributed by atoms with van der Waals surface area (Å²) in [6.45, 7) is 5.73. The van der Waals surface area contributed by atoms with E-state index in [9.17, 15) is 4.79 Å². The Bertz CT molecular complexity index is 1000. The quantitative estimate of drug-likeness (QED) is 0.682. The van der Waals surface area contributed by atoms with Crippen LogP contribution in [0, 0.1) is 0 Å². The highest BCUT2D eigenvalue weighted by molar-refractivity contribution is 6.05. The standard InChI is InChI=1S/C22H27N5O2/c28-19(26-9-5-1-2-6-10-26)15-25-11-13-27(14-12-25)22-21-20(23-16-24-22)17-7-3-4-8-18(17)29-21/h3-4,7-8,16H,1-2,5-6,9-15H2. The van der Waals surface area contributed by atoms with Crippen molar-refractivity contribution in [1.82, 2.24) is 19.8 Å². The summed E-state index contributed by atoms with van der Waals surface area (Å²) in [6, 6.07) is 7.97. The van der Waals surface area contributed by atoms with Gasteiger partial charge in [-0.05, 0) is 25.0 Å². The van der Waals surface area contributed by atoms with Gasteiger partial charge in [0.05, 0.1) is 6.54 Å². The molecule has 1 amide bonds. The van der Waals surface area contributed by atoms with Gasteiger partial charge in [-0.1, -0.05) is 25.0 Å². The first-order valence-corrected chi connectivity index (χ1v) is 10.7. The number of amides is 1. The van der Waals surface area contributed by atoms with Crippen LogP contribution in [-0.4, -0.2) is 71.5 Å². The van der Waals surface area contributed by atoms with Gasteiger partial charge in [0.2, 0.25) is 5.91 Å². The molecule has 2 saturated heterocycles. The number of aromatic nitrogens is 2. The third kappa shape index (κ3) is 3.67. The van der Waals surface area contributed by atoms with Crippen molar-refractivity contribution in [1.29, 1.82) is 0 Å². The van der Waals surface area contributed by atoms with Crippen molar-refractivity contribution in [3.63, 3.8) is 0 Å². The van der Waals surface area contributed by atoms with Gasteiger partial charge in [-0.2, -0.15) is 0 Å². The summed E-state index contributed by atoms with van der Waals surface area (Å²) in [4.78, 5) is 28.2. The number of piperazine rings is 1. The fourth-order valence-corrected chi connectivity index (χ4v) is 4.47. The highest BCUT2D eigenvalue weighted by Crippen LogP contribution is 2.32. The number of anilines is 1. The van der Waals surface area contributed by atoms with Crippen LogP contribution in [0.25, 0.3) is 22.1 Å². The number of fused-ring (bicyclic) bond motifs is 3. The predicted molar refractivity (Wildman–Crippen MR) is 113 cm³/mol. The normalized spacial score (nSPS) is 19.0. The Balaban J connectivity index is 1.26. The molecule has 0 unspecified atom stereocenters. The smallest absolute Gasteiger partial charge is 0.236 e. The van der Waals surface area contributed by atoms with Crippen LogP contribution in [0.2, 0.25) is 0 Å². The van der Waals surface area contributed by atoms with Gasteiger partial charge in [0.25, 0.3) is 0 Å². The second-order valence-electron chi connectivity index (χ2n) is 8.03. The van der Waals surface area contributed by atoms with E-state index in [4.69, 9.17) is 4.42 Å². The minimum absolute atomic E-state index is 0.280. The predicted octanol–water partition coefficient (Wildman–Crippen LogP) is 2.90. The first-order valence-electron chi connectivity index (χ1n) is 10.7. The molecule has 1 aromatic carbocycles. The van der Waals surface area contributed by atoms with E-state index in [1.165, 1.54) is 12.8 Å². The Morgan fingerprint density at radius 3 is 2.48 bits per heavy atom. The zero-order chi connectivity index (χ0) is 19.6. The van der Waals surface area contributed by atoms with Crippen LogP contribution in [-0.2, 0) is 4.79 Å². The molecule has 7 heteroatoms. The molecule has 29 heavy (non-hydrogen) atoms. The van der Waals surface area contributed by atoms with Gasteiger partial charge in [0, 0.05) is 44.7 Å². The third-order valence-electron chi connectivity index (χ3n) is 6.13. The second-order valence-corrected chi connectivity index (χ2v) is 8.03. The summed E-state index contributed by atoms with van der Waals surface area (Å²) in [6.07, 6.45) is 6.39. The van der Waals surface area contributed by atoms with Gasteiger partial charge in [-0.3, -0.25) is 9.69 Å². The molecule has 3 aromatic rings. The average Bonchev–Trinajstić information content (AvgIpc) is 2.93. The third-order valence-corrected chi connectivity index (χ3v) is 6.13. The highest BCUT2D eigenvalue weighted by atomic mass is 16.3. The maximum Gasteiger partial charge on any atom is 0.236 e. The highest BCUT2D eigenvalue weighted by Gasteiger charge is 2.25. The van der Waals surface area contributed by atoms with E-state index < -0.39 is 0 Å². The van der Waals surface area contributed by atoms with Gasteiger partial charge >= 0.3 is 0 Å². The molecule has 0 bridgehead atoms. The summed E-state index contributed by atoms with van der Waals surface area (Å²) in [5.74, 6) is 1.13.